The highest BCUT2D eigenvalue weighted by Gasteiger charge is 2.43. The first-order valence-electron chi connectivity index (χ1n) is 7.45. The van der Waals surface area contributed by atoms with Crippen LogP contribution in [0.3, 0.4) is 0 Å². The van der Waals surface area contributed by atoms with Gasteiger partial charge in [0.2, 0.25) is 0 Å². The maximum atomic E-state index is 11.7. The summed E-state index contributed by atoms with van der Waals surface area (Å²) in [6.45, 7) is 0. The van der Waals surface area contributed by atoms with Crippen molar-refractivity contribution in [2.24, 2.45) is 0 Å². The van der Waals surface area contributed by atoms with E-state index in [2.05, 4.69) is 0 Å². The van der Waals surface area contributed by atoms with E-state index in [1.165, 1.54) is 17.8 Å². The van der Waals surface area contributed by atoms with Gasteiger partial charge in [0.1, 0.15) is 5.60 Å². The van der Waals surface area contributed by atoms with Gasteiger partial charge in [0.25, 0.3) is 5.69 Å². The Labute approximate surface area is 142 Å². The number of nitro groups is 1. The fourth-order valence-corrected chi connectivity index (χ4v) is 4.43. The lowest BCUT2D eigenvalue weighted by Gasteiger charge is -2.36. The number of nitrogens with zero attached hydrogens (tertiary/aromatic N) is 1. The maximum Gasteiger partial charge on any atom is 0.283 e. The Bertz CT molecular complexity index is 942. The molecule has 118 valence electrons. The monoisotopic (exact) mass is 335 g/mol. The fourth-order valence-electron chi connectivity index (χ4n) is 3.16. The number of fused-ring (bicyclic) bond motifs is 2. The van der Waals surface area contributed by atoms with Crippen LogP contribution in [0.1, 0.15) is 16.7 Å². The molecule has 1 aliphatic rings. The Balaban J connectivity index is 2.08. The van der Waals surface area contributed by atoms with Crippen molar-refractivity contribution in [2.45, 2.75) is 15.4 Å². The van der Waals surface area contributed by atoms with Crippen LogP contribution in [0, 0.1) is 10.1 Å². The largest absolute Gasteiger partial charge is 0.376 e. The Morgan fingerprint density at radius 2 is 1.54 bits per heavy atom. The van der Waals surface area contributed by atoms with E-state index in [1.54, 1.807) is 12.1 Å². The molecule has 1 atom stereocenters. The molecule has 3 aromatic carbocycles. The summed E-state index contributed by atoms with van der Waals surface area (Å²) in [6, 6.07) is 21.6. The SMILES string of the molecule is O=[N+]([O-])c1cccc2c1Sc1ccccc1[C@@]2(O)c1ccccc1. The number of hydrogen-bond donors (Lipinski definition) is 1. The molecule has 5 heteroatoms. The van der Waals surface area contributed by atoms with Gasteiger partial charge in [-0.05, 0) is 11.6 Å². The number of benzene rings is 3. The fraction of sp³-hybridized carbons (Fsp3) is 0.0526. The quantitative estimate of drug-likeness (QED) is 0.559. The molecule has 0 spiro atoms. The van der Waals surface area contributed by atoms with Crippen LogP contribution in [0.2, 0.25) is 0 Å². The molecule has 24 heavy (non-hydrogen) atoms. The Hall–Kier alpha value is -2.63. The van der Waals surface area contributed by atoms with Gasteiger partial charge in [0, 0.05) is 22.1 Å². The average molecular weight is 335 g/mol. The second-order valence-electron chi connectivity index (χ2n) is 5.59. The minimum Gasteiger partial charge on any atom is -0.376 e. The zero-order valence-electron chi connectivity index (χ0n) is 12.5. The third-order valence-electron chi connectivity index (χ3n) is 4.26. The van der Waals surface area contributed by atoms with E-state index in [0.29, 0.717) is 16.0 Å². The van der Waals surface area contributed by atoms with Gasteiger partial charge < -0.3 is 5.11 Å². The van der Waals surface area contributed by atoms with Crippen molar-refractivity contribution in [3.8, 4) is 0 Å². The Kier molecular flexibility index (Phi) is 3.40. The highest BCUT2D eigenvalue weighted by Crippen LogP contribution is 2.53. The van der Waals surface area contributed by atoms with E-state index in [4.69, 9.17) is 0 Å². The standard InChI is InChI=1S/C19H13NO3S/c21-19(13-7-2-1-3-8-13)14-9-4-5-12-17(14)24-18-15(19)10-6-11-16(18)20(22)23/h1-12,21H/t19-/m0/s1. The van der Waals surface area contributed by atoms with Crippen LogP contribution in [0.25, 0.3) is 0 Å². The highest BCUT2D eigenvalue weighted by molar-refractivity contribution is 7.99. The van der Waals surface area contributed by atoms with E-state index >= 15 is 0 Å². The lowest BCUT2D eigenvalue weighted by molar-refractivity contribution is -0.387. The van der Waals surface area contributed by atoms with Crippen molar-refractivity contribution in [1.82, 2.24) is 0 Å². The summed E-state index contributed by atoms with van der Waals surface area (Å²) >= 11 is 1.33. The predicted octanol–water partition coefficient (Wildman–Crippen LogP) is 4.34. The van der Waals surface area contributed by atoms with Crippen LogP contribution in [-0.2, 0) is 5.60 Å². The van der Waals surface area contributed by atoms with Crippen molar-refractivity contribution in [2.75, 3.05) is 0 Å². The molecule has 1 heterocycles. The first kappa shape index (κ1) is 14.9. The maximum absolute atomic E-state index is 11.7. The average Bonchev–Trinajstić information content (AvgIpc) is 2.62. The van der Waals surface area contributed by atoms with Crippen LogP contribution in [0.4, 0.5) is 5.69 Å². The topological polar surface area (TPSA) is 63.4 Å². The van der Waals surface area contributed by atoms with E-state index < -0.39 is 10.5 Å². The summed E-state index contributed by atoms with van der Waals surface area (Å²) in [5.74, 6) is 0. The highest BCUT2D eigenvalue weighted by atomic mass is 32.2. The van der Waals surface area contributed by atoms with Crippen LogP contribution in [-0.4, -0.2) is 10.0 Å². The summed E-state index contributed by atoms with van der Waals surface area (Å²) in [5.41, 5.74) is 0.589. The van der Waals surface area contributed by atoms with Crippen molar-refractivity contribution in [3.05, 3.63) is 99.6 Å². The van der Waals surface area contributed by atoms with Crippen molar-refractivity contribution in [1.29, 1.82) is 0 Å². The summed E-state index contributed by atoms with van der Waals surface area (Å²) in [7, 11) is 0. The van der Waals surface area contributed by atoms with Crippen LogP contribution in [0.15, 0.2) is 82.6 Å². The first-order chi connectivity index (χ1) is 11.6. The number of hydrogen-bond acceptors (Lipinski definition) is 4. The normalized spacial score (nSPS) is 18.5. The summed E-state index contributed by atoms with van der Waals surface area (Å²) < 4.78 is 0. The minimum absolute atomic E-state index is 0.0151. The van der Waals surface area contributed by atoms with Gasteiger partial charge in [0.05, 0.1) is 9.82 Å². The lowest BCUT2D eigenvalue weighted by atomic mass is 9.80. The van der Waals surface area contributed by atoms with Crippen LogP contribution < -0.4 is 0 Å². The van der Waals surface area contributed by atoms with Gasteiger partial charge in [-0.1, -0.05) is 72.4 Å². The van der Waals surface area contributed by atoms with Gasteiger partial charge >= 0.3 is 0 Å². The molecule has 4 rings (SSSR count). The second-order valence-corrected chi connectivity index (χ2v) is 6.64. The summed E-state index contributed by atoms with van der Waals surface area (Å²) in [5, 5.41) is 23.2. The molecule has 0 bridgehead atoms. The molecule has 4 nitrogen and oxygen atoms in total. The minimum atomic E-state index is -1.41. The molecular formula is C19H13NO3S. The van der Waals surface area contributed by atoms with Gasteiger partial charge in [-0.15, -0.1) is 0 Å². The number of rotatable bonds is 2. The predicted molar refractivity (Wildman–Crippen MR) is 92.2 cm³/mol. The Morgan fingerprint density at radius 1 is 0.875 bits per heavy atom. The molecular weight excluding hydrogens is 322 g/mol. The number of aliphatic hydroxyl groups is 1. The van der Waals surface area contributed by atoms with E-state index in [0.717, 1.165) is 10.5 Å². The molecule has 1 aliphatic heterocycles. The third-order valence-corrected chi connectivity index (χ3v) is 5.47. The van der Waals surface area contributed by atoms with Crippen molar-refractivity contribution in [3.63, 3.8) is 0 Å². The molecule has 0 amide bonds. The first-order valence-corrected chi connectivity index (χ1v) is 8.27. The molecule has 3 aromatic rings. The van der Waals surface area contributed by atoms with E-state index in [1.807, 2.05) is 54.6 Å². The van der Waals surface area contributed by atoms with E-state index in [9.17, 15) is 15.2 Å². The van der Waals surface area contributed by atoms with Gasteiger partial charge in [-0.25, -0.2) is 0 Å². The molecule has 0 aromatic heterocycles. The van der Waals surface area contributed by atoms with Crippen LogP contribution in [0.5, 0.6) is 0 Å². The third kappa shape index (κ3) is 2.06. The molecule has 0 fully saturated rings. The lowest BCUT2D eigenvalue weighted by Crippen LogP contribution is -2.32. The zero-order valence-corrected chi connectivity index (χ0v) is 13.4. The molecule has 0 saturated carbocycles. The van der Waals surface area contributed by atoms with Crippen molar-refractivity contribution >= 4 is 17.4 Å². The molecule has 1 N–H and O–H groups in total. The zero-order chi connectivity index (χ0) is 16.7. The van der Waals surface area contributed by atoms with Crippen LogP contribution >= 0.6 is 11.8 Å². The number of nitro benzene ring substituents is 1. The van der Waals surface area contributed by atoms with Gasteiger partial charge in [-0.3, -0.25) is 10.1 Å². The Morgan fingerprint density at radius 3 is 2.29 bits per heavy atom. The summed E-state index contributed by atoms with van der Waals surface area (Å²) in [6.07, 6.45) is 0. The smallest absolute Gasteiger partial charge is 0.283 e. The van der Waals surface area contributed by atoms with Gasteiger partial charge in [-0.2, -0.15) is 0 Å². The molecule has 0 saturated heterocycles. The summed E-state index contributed by atoms with van der Waals surface area (Å²) in [4.78, 5) is 12.4. The van der Waals surface area contributed by atoms with E-state index in [-0.39, 0.29) is 5.69 Å². The van der Waals surface area contributed by atoms with Gasteiger partial charge in [0.15, 0.2) is 0 Å². The molecule has 0 radical (unpaired) electrons. The second kappa shape index (κ2) is 5.47. The van der Waals surface area contributed by atoms with Crippen molar-refractivity contribution < 1.29 is 10.0 Å². The molecule has 0 aliphatic carbocycles. The molecule has 0 unspecified atom stereocenters.